The molecule has 0 fully saturated rings. The predicted octanol–water partition coefficient (Wildman–Crippen LogP) is 0.0541. The minimum Gasteiger partial charge on any atom is -1.00 e. The number of carbonyl (C=O) groups is 2. The fraction of sp³-hybridized carbons (Fsp3) is 0. The first-order valence-electron chi connectivity index (χ1n) is 5.56. The number of carbonyl (C=O) groups excluding carboxylic acids is 2. The molecule has 0 saturated heterocycles. The molecule has 2 rings (SSSR count). The molecule has 0 aliphatic carbocycles. The van der Waals surface area contributed by atoms with Crippen molar-refractivity contribution in [3.8, 4) is 0 Å². The summed E-state index contributed by atoms with van der Waals surface area (Å²) in [5.41, 5.74) is -1.97. The quantitative estimate of drug-likeness (QED) is 0.640. The van der Waals surface area contributed by atoms with Gasteiger partial charge in [-0.2, -0.15) is 0 Å². The van der Waals surface area contributed by atoms with Gasteiger partial charge in [0.1, 0.15) is 0 Å². The van der Waals surface area contributed by atoms with Crippen LogP contribution in [0.2, 0.25) is 0 Å². The molecule has 0 spiro atoms. The second-order valence-corrected chi connectivity index (χ2v) is 5.88. The third kappa shape index (κ3) is 3.83. The first-order valence-corrected chi connectivity index (χ1v) is 7.22. The molecule has 0 atom stereocenters. The monoisotopic (exact) mass is 314 g/mol. The van der Waals surface area contributed by atoms with Gasteiger partial charge in [-0.15, -0.1) is 0 Å². The molecule has 0 aromatic heterocycles. The van der Waals surface area contributed by atoms with E-state index in [0.29, 0.717) is 0 Å². The van der Waals surface area contributed by atoms with E-state index < -0.39 is 18.4 Å². The average molecular weight is 314 g/mol. The van der Waals surface area contributed by atoms with E-state index in [-0.39, 0.29) is 63.9 Å². The van der Waals surface area contributed by atoms with Crippen molar-refractivity contribution in [2.75, 3.05) is 0 Å². The summed E-state index contributed by atoms with van der Waals surface area (Å²) in [4.78, 5) is 33.7. The molecule has 0 heterocycles. The Kier molecular flexibility index (Phi) is 6.68. The van der Waals surface area contributed by atoms with Gasteiger partial charge in [-0.25, -0.2) is 0 Å². The average Bonchev–Trinajstić information content (AvgIpc) is 2.47. The SMILES string of the molecule is O=C(c1ccccc1)P(=O)(O)C(=O)c1ccccc1.[H-].[K+]. The minimum absolute atomic E-state index is 0. The van der Waals surface area contributed by atoms with Crippen LogP contribution in [0.5, 0.6) is 0 Å². The van der Waals surface area contributed by atoms with Crippen LogP contribution in [0.4, 0.5) is 0 Å². The molecule has 4 nitrogen and oxygen atoms in total. The molecule has 20 heavy (non-hydrogen) atoms. The Morgan fingerprint density at radius 1 is 0.800 bits per heavy atom. The molecule has 2 aromatic carbocycles. The van der Waals surface area contributed by atoms with Crippen LogP contribution < -0.4 is 51.4 Å². The van der Waals surface area contributed by atoms with Gasteiger partial charge in [0.05, 0.1) is 0 Å². The Hall–Kier alpha value is -0.394. The molecule has 98 valence electrons. The van der Waals surface area contributed by atoms with Crippen LogP contribution in [0.25, 0.3) is 0 Å². The maximum absolute atomic E-state index is 12.1. The fourth-order valence-electron chi connectivity index (χ4n) is 1.60. The van der Waals surface area contributed by atoms with Crippen LogP contribution in [0.15, 0.2) is 60.7 Å². The molecule has 0 amide bonds. The molecule has 0 bridgehead atoms. The van der Waals surface area contributed by atoms with E-state index in [1.807, 2.05) is 0 Å². The summed E-state index contributed by atoms with van der Waals surface area (Å²) in [7, 11) is -4.60. The Bertz CT molecular complexity index is 606. The predicted molar refractivity (Wildman–Crippen MR) is 72.5 cm³/mol. The first kappa shape index (κ1) is 17.7. The zero-order valence-corrected chi connectivity index (χ0v) is 14.9. The first-order chi connectivity index (χ1) is 9.03. The summed E-state index contributed by atoms with van der Waals surface area (Å²) in [5, 5.41) is 0. The van der Waals surface area contributed by atoms with E-state index in [0.717, 1.165) is 0 Å². The second-order valence-electron chi connectivity index (χ2n) is 3.92. The van der Waals surface area contributed by atoms with Gasteiger partial charge in [0.25, 0.3) is 11.0 Å². The van der Waals surface area contributed by atoms with Gasteiger partial charge in [-0.3, -0.25) is 14.2 Å². The summed E-state index contributed by atoms with van der Waals surface area (Å²) in [6, 6.07) is 15.3. The number of hydrogen-bond donors (Lipinski definition) is 1. The van der Waals surface area contributed by atoms with Gasteiger partial charge in [0.15, 0.2) is 0 Å². The van der Waals surface area contributed by atoms with Crippen LogP contribution in [0.3, 0.4) is 0 Å². The standard InChI is InChI=1S/C14H11O4P.K.H/c15-13(11-7-3-1-4-8-11)19(17,18)14(16)12-9-5-2-6-10-12;;/h1-10H,(H,17,18);;/q;+1;-1. The van der Waals surface area contributed by atoms with Gasteiger partial charge in [0.2, 0.25) is 0 Å². The second kappa shape index (κ2) is 7.57. The molecular formula is C14H12KO4P. The molecule has 6 heteroatoms. The normalized spacial score (nSPS) is 10.4. The van der Waals surface area contributed by atoms with Gasteiger partial charge in [-0.05, 0) is 0 Å². The van der Waals surface area contributed by atoms with Gasteiger partial charge >= 0.3 is 58.8 Å². The van der Waals surface area contributed by atoms with Crippen molar-refractivity contribution in [3.05, 3.63) is 71.8 Å². The van der Waals surface area contributed by atoms with Crippen LogP contribution in [0.1, 0.15) is 22.1 Å². The van der Waals surface area contributed by atoms with E-state index in [1.165, 1.54) is 24.3 Å². The molecule has 0 aliphatic heterocycles. The van der Waals surface area contributed by atoms with Gasteiger partial charge in [-0.1, -0.05) is 60.7 Å². The molecule has 0 radical (unpaired) electrons. The number of rotatable bonds is 4. The molecule has 0 saturated carbocycles. The molecule has 2 aromatic rings. The van der Waals surface area contributed by atoms with Crippen LogP contribution in [-0.4, -0.2) is 15.9 Å². The Balaban J connectivity index is 0.00000200. The minimum atomic E-state index is -4.60. The zero-order valence-electron chi connectivity index (χ0n) is 11.9. The third-order valence-electron chi connectivity index (χ3n) is 2.59. The molecule has 0 unspecified atom stereocenters. The Morgan fingerprint density at radius 3 is 1.40 bits per heavy atom. The van der Waals surface area contributed by atoms with Gasteiger partial charge in [0, 0.05) is 11.1 Å². The maximum atomic E-state index is 12.1. The summed E-state index contributed by atoms with van der Waals surface area (Å²) < 4.78 is 12.1. The molecule has 0 aliphatic rings. The van der Waals surface area contributed by atoms with Crippen molar-refractivity contribution in [3.63, 3.8) is 0 Å². The summed E-state index contributed by atoms with van der Waals surface area (Å²) in [6.45, 7) is 0. The molecule has 1 N–H and O–H groups in total. The topological polar surface area (TPSA) is 71.4 Å². The van der Waals surface area contributed by atoms with Gasteiger partial charge < -0.3 is 6.32 Å². The smallest absolute Gasteiger partial charge is 1.00 e. The van der Waals surface area contributed by atoms with E-state index in [4.69, 9.17) is 0 Å². The van der Waals surface area contributed by atoms with Crippen molar-refractivity contribution >= 4 is 18.4 Å². The van der Waals surface area contributed by atoms with Crippen LogP contribution in [-0.2, 0) is 4.57 Å². The largest absolute Gasteiger partial charge is 1.00 e. The van der Waals surface area contributed by atoms with E-state index >= 15 is 0 Å². The maximum Gasteiger partial charge on any atom is 1.00 e. The van der Waals surface area contributed by atoms with Crippen LogP contribution >= 0.6 is 7.37 Å². The van der Waals surface area contributed by atoms with Crippen molar-refractivity contribution in [1.29, 1.82) is 0 Å². The van der Waals surface area contributed by atoms with Crippen LogP contribution in [0, 0.1) is 0 Å². The Labute approximate surface area is 160 Å². The van der Waals surface area contributed by atoms with E-state index in [1.54, 1.807) is 36.4 Å². The number of hydrogen-bond acceptors (Lipinski definition) is 3. The Morgan fingerprint density at radius 2 is 1.10 bits per heavy atom. The van der Waals surface area contributed by atoms with E-state index in [9.17, 15) is 19.0 Å². The van der Waals surface area contributed by atoms with Crippen molar-refractivity contribution in [2.24, 2.45) is 0 Å². The van der Waals surface area contributed by atoms with Crippen molar-refractivity contribution in [1.82, 2.24) is 0 Å². The van der Waals surface area contributed by atoms with Crippen molar-refractivity contribution in [2.45, 2.75) is 0 Å². The zero-order chi connectivity index (χ0) is 13.9. The third-order valence-corrected chi connectivity index (χ3v) is 4.21. The fourth-order valence-corrected chi connectivity index (χ4v) is 2.79. The summed E-state index contributed by atoms with van der Waals surface area (Å²) >= 11 is 0. The molecular weight excluding hydrogens is 302 g/mol. The van der Waals surface area contributed by atoms with Crippen molar-refractivity contribution < 1.29 is 71.9 Å². The van der Waals surface area contributed by atoms with E-state index in [2.05, 4.69) is 0 Å². The summed E-state index contributed by atoms with van der Waals surface area (Å²) in [5.74, 6) is 0. The number of benzene rings is 2. The summed E-state index contributed by atoms with van der Waals surface area (Å²) in [6.07, 6.45) is 0.